The standard InChI is InChI=1S/C11H16N4O/c12-11-9(4-3-5-13-11)14-8-10(16)15-6-1-2-7-15/h3-5,14H,1-2,6-8H2,(H2,12,13). The number of nitrogens with two attached hydrogens (primary N) is 1. The number of amides is 1. The summed E-state index contributed by atoms with van der Waals surface area (Å²) < 4.78 is 0. The first kappa shape index (κ1) is 10.7. The molecule has 2 heterocycles. The Bertz CT molecular complexity index is 374. The highest BCUT2D eigenvalue weighted by Gasteiger charge is 2.17. The van der Waals surface area contributed by atoms with Crippen LogP contribution in [0.4, 0.5) is 11.5 Å². The third-order valence-corrected chi connectivity index (χ3v) is 2.73. The van der Waals surface area contributed by atoms with Crippen molar-refractivity contribution < 1.29 is 4.79 Å². The lowest BCUT2D eigenvalue weighted by molar-refractivity contribution is -0.128. The second-order valence-electron chi connectivity index (χ2n) is 3.88. The molecule has 0 aromatic carbocycles. The van der Waals surface area contributed by atoms with Crippen LogP contribution in [0.25, 0.3) is 0 Å². The first-order chi connectivity index (χ1) is 7.77. The van der Waals surface area contributed by atoms with Crippen molar-refractivity contribution in [2.24, 2.45) is 0 Å². The second kappa shape index (κ2) is 4.83. The van der Waals surface area contributed by atoms with Crippen LogP contribution in [0.5, 0.6) is 0 Å². The number of nitrogens with zero attached hydrogens (tertiary/aromatic N) is 2. The van der Waals surface area contributed by atoms with Crippen LogP contribution in [0.3, 0.4) is 0 Å². The van der Waals surface area contributed by atoms with E-state index in [4.69, 9.17) is 5.73 Å². The van der Waals surface area contributed by atoms with E-state index >= 15 is 0 Å². The Morgan fingerprint density at radius 3 is 2.94 bits per heavy atom. The SMILES string of the molecule is Nc1ncccc1NCC(=O)N1CCCC1. The van der Waals surface area contributed by atoms with Gasteiger partial charge in [0.15, 0.2) is 0 Å². The topological polar surface area (TPSA) is 71.2 Å². The summed E-state index contributed by atoms with van der Waals surface area (Å²) in [5.74, 6) is 0.553. The second-order valence-corrected chi connectivity index (χ2v) is 3.88. The van der Waals surface area contributed by atoms with Gasteiger partial charge in [-0.3, -0.25) is 4.79 Å². The predicted octanol–water partition coefficient (Wildman–Crippen LogP) is 0.698. The lowest BCUT2D eigenvalue weighted by Gasteiger charge is -2.16. The molecule has 1 aliphatic rings. The fraction of sp³-hybridized carbons (Fsp3) is 0.455. The third-order valence-electron chi connectivity index (χ3n) is 2.73. The molecule has 1 aromatic rings. The van der Waals surface area contributed by atoms with Gasteiger partial charge in [0, 0.05) is 19.3 Å². The number of nitrogens with one attached hydrogen (secondary N) is 1. The van der Waals surface area contributed by atoms with E-state index in [2.05, 4.69) is 10.3 Å². The van der Waals surface area contributed by atoms with Crippen LogP contribution in [0, 0.1) is 0 Å². The third kappa shape index (κ3) is 2.42. The molecule has 1 amide bonds. The van der Waals surface area contributed by atoms with Crippen molar-refractivity contribution >= 4 is 17.4 Å². The predicted molar refractivity (Wildman–Crippen MR) is 63.0 cm³/mol. The molecule has 5 nitrogen and oxygen atoms in total. The van der Waals surface area contributed by atoms with Crippen LogP contribution in [0.15, 0.2) is 18.3 Å². The van der Waals surface area contributed by atoms with E-state index in [1.807, 2.05) is 11.0 Å². The van der Waals surface area contributed by atoms with Crippen LogP contribution in [0.2, 0.25) is 0 Å². The number of pyridine rings is 1. The summed E-state index contributed by atoms with van der Waals surface area (Å²) in [7, 11) is 0. The van der Waals surface area contributed by atoms with E-state index in [9.17, 15) is 4.79 Å². The highest BCUT2D eigenvalue weighted by molar-refractivity contribution is 5.82. The van der Waals surface area contributed by atoms with Gasteiger partial charge >= 0.3 is 0 Å². The molecule has 3 N–H and O–H groups in total. The molecule has 86 valence electrons. The summed E-state index contributed by atoms with van der Waals surface area (Å²) in [6.45, 7) is 2.04. The normalized spacial score (nSPS) is 15.1. The van der Waals surface area contributed by atoms with Crippen molar-refractivity contribution in [3.63, 3.8) is 0 Å². The number of hydrogen-bond acceptors (Lipinski definition) is 4. The Kier molecular flexibility index (Phi) is 3.24. The van der Waals surface area contributed by atoms with Gasteiger partial charge in [0.1, 0.15) is 5.82 Å². The van der Waals surface area contributed by atoms with Crippen LogP contribution in [0.1, 0.15) is 12.8 Å². The molecular weight excluding hydrogens is 204 g/mol. The number of carbonyl (C=O) groups is 1. The number of likely N-dealkylation sites (tertiary alicyclic amines) is 1. The molecule has 0 saturated carbocycles. The zero-order valence-corrected chi connectivity index (χ0v) is 9.15. The molecule has 16 heavy (non-hydrogen) atoms. The Balaban J connectivity index is 1.87. The fourth-order valence-corrected chi connectivity index (χ4v) is 1.82. The van der Waals surface area contributed by atoms with Crippen molar-refractivity contribution in [1.29, 1.82) is 0 Å². The van der Waals surface area contributed by atoms with E-state index in [0.717, 1.165) is 31.6 Å². The van der Waals surface area contributed by atoms with E-state index in [0.29, 0.717) is 5.82 Å². The summed E-state index contributed by atoms with van der Waals surface area (Å²) in [5, 5.41) is 3.01. The molecule has 0 radical (unpaired) electrons. The van der Waals surface area contributed by atoms with Gasteiger partial charge in [-0.05, 0) is 25.0 Å². The number of carbonyl (C=O) groups excluding carboxylic acids is 1. The summed E-state index contributed by atoms with van der Waals surface area (Å²) in [6.07, 6.45) is 3.85. The molecule has 1 aromatic heterocycles. The van der Waals surface area contributed by atoms with Gasteiger partial charge in [-0.15, -0.1) is 0 Å². The lowest BCUT2D eigenvalue weighted by Crippen LogP contribution is -2.33. The summed E-state index contributed by atoms with van der Waals surface area (Å²) in [5.41, 5.74) is 6.38. The minimum absolute atomic E-state index is 0.126. The van der Waals surface area contributed by atoms with Crippen LogP contribution in [-0.4, -0.2) is 35.4 Å². The Morgan fingerprint density at radius 1 is 1.50 bits per heavy atom. The smallest absolute Gasteiger partial charge is 0.241 e. The summed E-state index contributed by atoms with van der Waals surface area (Å²) in [6, 6.07) is 3.61. The van der Waals surface area contributed by atoms with E-state index in [1.165, 1.54) is 0 Å². The van der Waals surface area contributed by atoms with Crippen LogP contribution >= 0.6 is 0 Å². The van der Waals surface area contributed by atoms with Crippen molar-refractivity contribution in [3.8, 4) is 0 Å². The highest BCUT2D eigenvalue weighted by Crippen LogP contribution is 2.13. The summed E-state index contributed by atoms with van der Waals surface area (Å²) in [4.78, 5) is 17.6. The number of rotatable bonds is 3. The molecule has 1 fully saturated rings. The van der Waals surface area contributed by atoms with Crippen LogP contribution in [-0.2, 0) is 4.79 Å². The van der Waals surface area contributed by atoms with Crippen molar-refractivity contribution in [1.82, 2.24) is 9.88 Å². The largest absolute Gasteiger partial charge is 0.382 e. The van der Waals surface area contributed by atoms with E-state index < -0.39 is 0 Å². The molecule has 5 heteroatoms. The average Bonchev–Trinajstić information content (AvgIpc) is 2.81. The molecule has 1 saturated heterocycles. The zero-order valence-electron chi connectivity index (χ0n) is 9.15. The molecule has 0 spiro atoms. The van der Waals surface area contributed by atoms with Crippen molar-refractivity contribution in [2.75, 3.05) is 30.7 Å². The monoisotopic (exact) mass is 220 g/mol. The molecule has 1 aliphatic heterocycles. The first-order valence-electron chi connectivity index (χ1n) is 5.49. The van der Waals surface area contributed by atoms with Crippen LogP contribution < -0.4 is 11.1 Å². The van der Waals surface area contributed by atoms with Crippen molar-refractivity contribution in [3.05, 3.63) is 18.3 Å². The maximum atomic E-state index is 11.7. The Labute approximate surface area is 94.6 Å². The van der Waals surface area contributed by atoms with Gasteiger partial charge in [0.05, 0.1) is 12.2 Å². The molecule has 0 aliphatic carbocycles. The highest BCUT2D eigenvalue weighted by atomic mass is 16.2. The summed E-state index contributed by atoms with van der Waals surface area (Å²) >= 11 is 0. The van der Waals surface area contributed by atoms with Gasteiger partial charge in [0.25, 0.3) is 0 Å². The molecular formula is C11H16N4O. The molecule has 0 unspecified atom stereocenters. The number of nitrogen functional groups attached to an aromatic ring is 1. The quantitative estimate of drug-likeness (QED) is 0.786. The Morgan fingerprint density at radius 2 is 2.25 bits per heavy atom. The number of aromatic nitrogens is 1. The van der Waals surface area contributed by atoms with E-state index in [-0.39, 0.29) is 12.5 Å². The molecule has 0 bridgehead atoms. The van der Waals surface area contributed by atoms with Gasteiger partial charge in [-0.25, -0.2) is 4.98 Å². The maximum absolute atomic E-state index is 11.7. The lowest BCUT2D eigenvalue weighted by atomic mass is 10.3. The van der Waals surface area contributed by atoms with Crippen molar-refractivity contribution in [2.45, 2.75) is 12.8 Å². The zero-order chi connectivity index (χ0) is 11.4. The van der Waals surface area contributed by atoms with Gasteiger partial charge in [-0.1, -0.05) is 0 Å². The first-order valence-corrected chi connectivity index (χ1v) is 5.49. The minimum Gasteiger partial charge on any atom is -0.382 e. The Hall–Kier alpha value is -1.78. The van der Waals surface area contributed by atoms with E-state index in [1.54, 1.807) is 12.3 Å². The van der Waals surface area contributed by atoms with Gasteiger partial charge in [-0.2, -0.15) is 0 Å². The van der Waals surface area contributed by atoms with Gasteiger partial charge in [0.2, 0.25) is 5.91 Å². The molecule has 0 atom stereocenters. The fourth-order valence-electron chi connectivity index (χ4n) is 1.82. The van der Waals surface area contributed by atoms with Gasteiger partial charge < -0.3 is 16.0 Å². The average molecular weight is 220 g/mol. The minimum atomic E-state index is 0.126. The number of anilines is 2. The maximum Gasteiger partial charge on any atom is 0.241 e. The number of hydrogen-bond donors (Lipinski definition) is 2. The molecule has 2 rings (SSSR count).